The van der Waals surface area contributed by atoms with Gasteiger partial charge in [-0.05, 0) is 17.7 Å². The average molecular weight is 222 g/mol. The van der Waals surface area contributed by atoms with Crippen molar-refractivity contribution in [2.24, 2.45) is 0 Å². The summed E-state index contributed by atoms with van der Waals surface area (Å²) in [6, 6.07) is 5.59. The summed E-state index contributed by atoms with van der Waals surface area (Å²) in [5, 5.41) is 13.0. The van der Waals surface area contributed by atoms with Gasteiger partial charge in [-0.2, -0.15) is 0 Å². The number of ether oxygens (including phenoxy) is 1. The van der Waals surface area contributed by atoms with E-state index in [0.29, 0.717) is 5.75 Å². The van der Waals surface area contributed by atoms with Crippen molar-refractivity contribution in [2.75, 3.05) is 33.3 Å². The lowest BCUT2D eigenvalue weighted by molar-refractivity contribution is 0.233. The van der Waals surface area contributed by atoms with E-state index in [0.717, 1.165) is 38.3 Å². The molecule has 1 aliphatic rings. The predicted octanol–water partition coefficient (Wildman–Crippen LogP) is 0.806. The minimum atomic E-state index is 0.218. The minimum absolute atomic E-state index is 0.218. The van der Waals surface area contributed by atoms with Gasteiger partial charge in [0.2, 0.25) is 0 Å². The number of methoxy groups -OCH3 is 1. The zero-order valence-corrected chi connectivity index (χ0v) is 9.57. The third kappa shape index (κ3) is 2.65. The smallest absolute Gasteiger partial charge is 0.160 e. The number of piperazine rings is 1. The van der Waals surface area contributed by atoms with Gasteiger partial charge in [0.15, 0.2) is 11.5 Å². The second-order valence-corrected chi connectivity index (χ2v) is 4.03. The maximum absolute atomic E-state index is 9.66. The van der Waals surface area contributed by atoms with Crippen molar-refractivity contribution in [3.05, 3.63) is 23.8 Å². The normalized spacial score (nSPS) is 17.3. The Morgan fingerprint density at radius 2 is 2.12 bits per heavy atom. The SMILES string of the molecule is COc1ccc(CN2CCNCC2)cc1O. The number of nitrogens with zero attached hydrogens (tertiary/aromatic N) is 1. The van der Waals surface area contributed by atoms with Gasteiger partial charge in [0.1, 0.15) is 0 Å². The Morgan fingerprint density at radius 3 is 2.75 bits per heavy atom. The van der Waals surface area contributed by atoms with Crippen molar-refractivity contribution in [3.8, 4) is 11.5 Å². The summed E-state index contributed by atoms with van der Waals surface area (Å²) < 4.78 is 5.02. The Labute approximate surface area is 95.8 Å². The topological polar surface area (TPSA) is 44.7 Å². The first kappa shape index (κ1) is 11.2. The van der Waals surface area contributed by atoms with Gasteiger partial charge in [-0.25, -0.2) is 0 Å². The third-order valence-corrected chi connectivity index (χ3v) is 2.86. The molecule has 4 heteroatoms. The molecule has 2 N–H and O–H groups in total. The summed E-state index contributed by atoms with van der Waals surface area (Å²) in [6.07, 6.45) is 0. The molecule has 16 heavy (non-hydrogen) atoms. The molecule has 0 saturated carbocycles. The van der Waals surface area contributed by atoms with Crippen LogP contribution in [0.2, 0.25) is 0 Å². The van der Waals surface area contributed by atoms with Crippen LogP contribution in [0.5, 0.6) is 11.5 Å². The molecule has 0 bridgehead atoms. The molecule has 2 rings (SSSR count). The fraction of sp³-hybridized carbons (Fsp3) is 0.500. The largest absolute Gasteiger partial charge is 0.504 e. The predicted molar refractivity (Wildman–Crippen MR) is 62.8 cm³/mol. The van der Waals surface area contributed by atoms with Gasteiger partial charge in [0.25, 0.3) is 0 Å². The number of phenols is 1. The van der Waals surface area contributed by atoms with Gasteiger partial charge in [0.05, 0.1) is 7.11 Å². The van der Waals surface area contributed by atoms with Gasteiger partial charge in [0, 0.05) is 32.7 Å². The molecular formula is C12H18N2O2. The molecular weight excluding hydrogens is 204 g/mol. The molecule has 1 saturated heterocycles. The Balaban J connectivity index is 2.01. The molecule has 1 aliphatic heterocycles. The van der Waals surface area contributed by atoms with Crippen LogP contribution < -0.4 is 10.1 Å². The molecule has 88 valence electrons. The number of rotatable bonds is 3. The quantitative estimate of drug-likeness (QED) is 0.794. The van der Waals surface area contributed by atoms with E-state index < -0.39 is 0 Å². The lowest BCUT2D eigenvalue weighted by Crippen LogP contribution is -2.42. The highest BCUT2D eigenvalue weighted by Gasteiger charge is 2.10. The minimum Gasteiger partial charge on any atom is -0.504 e. The standard InChI is InChI=1S/C12H18N2O2/c1-16-12-3-2-10(8-11(12)15)9-14-6-4-13-5-7-14/h2-3,8,13,15H,4-7,9H2,1H3. The number of hydrogen-bond donors (Lipinski definition) is 2. The number of benzene rings is 1. The van der Waals surface area contributed by atoms with E-state index in [9.17, 15) is 5.11 Å². The summed E-state index contributed by atoms with van der Waals surface area (Å²) >= 11 is 0. The number of nitrogens with one attached hydrogen (secondary N) is 1. The van der Waals surface area contributed by atoms with Crippen molar-refractivity contribution >= 4 is 0 Å². The molecule has 1 fully saturated rings. The number of hydrogen-bond acceptors (Lipinski definition) is 4. The van der Waals surface area contributed by atoms with Crippen LogP contribution in [0.15, 0.2) is 18.2 Å². The van der Waals surface area contributed by atoms with Crippen LogP contribution >= 0.6 is 0 Å². The highest BCUT2D eigenvalue weighted by Crippen LogP contribution is 2.26. The molecule has 1 aromatic rings. The lowest BCUT2D eigenvalue weighted by Gasteiger charge is -2.27. The number of aromatic hydroxyl groups is 1. The monoisotopic (exact) mass is 222 g/mol. The lowest BCUT2D eigenvalue weighted by atomic mass is 10.2. The van der Waals surface area contributed by atoms with E-state index in [1.165, 1.54) is 0 Å². The Hall–Kier alpha value is -1.26. The average Bonchev–Trinajstić information content (AvgIpc) is 2.31. The van der Waals surface area contributed by atoms with E-state index in [-0.39, 0.29) is 5.75 Å². The maximum atomic E-state index is 9.66. The van der Waals surface area contributed by atoms with Gasteiger partial charge < -0.3 is 15.2 Å². The van der Waals surface area contributed by atoms with E-state index in [1.54, 1.807) is 13.2 Å². The second kappa shape index (κ2) is 5.18. The summed E-state index contributed by atoms with van der Waals surface area (Å²) in [7, 11) is 1.56. The van der Waals surface area contributed by atoms with Crippen molar-refractivity contribution in [3.63, 3.8) is 0 Å². The molecule has 0 amide bonds. The van der Waals surface area contributed by atoms with Crippen molar-refractivity contribution in [1.29, 1.82) is 0 Å². The molecule has 0 atom stereocenters. The molecule has 0 aromatic heterocycles. The van der Waals surface area contributed by atoms with Crippen LogP contribution in [0.25, 0.3) is 0 Å². The van der Waals surface area contributed by atoms with Crippen LogP contribution in [0.1, 0.15) is 5.56 Å². The van der Waals surface area contributed by atoms with Crippen molar-refractivity contribution in [1.82, 2.24) is 10.2 Å². The van der Waals surface area contributed by atoms with Gasteiger partial charge in [-0.3, -0.25) is 4.90 Å². The first-order valence-corrected chi connectivity index (χ1v) is 5.58. The maximum Gasteiger partial charge on any atom is 0.160 e. The Bertz CT molecular complexity index is 349. The van der Waals surface area contributed by atoms with Gasteiger partial charge in [-0.1, -0.05) is 6.07 Å². The first-order valence-electron chi connectivity index (χ1n) is 5.58. The second-order valence-electron chi connectivity index (χ2n) is 4.03. The van der Waals surface area contributed by atoms with Crippen LogP contribution in [-0.2, 0) is 6.54 Å². The fourth-order valence-electron chi connectivity index (χ4n) is 1.96. The molecule has 4 nitrogen and oxygen atoms in total. The Morgan fingerprint density at radius 1 is 1.38 bits per heavy atom. The molecule has 0 aliphatic carbocycles. The van der Waals surface area contributed by atoms with Gasteiger partial charge in [-0.15, -0.1) is 0 Å². The van der Waals surface area contributed by atoms with Crippen LogP contribution in [0.3, 0.4) is 0 Å². The van der Waals surface area contributed by atoms with E-state index >= 15 is 0 Å². The fourth-order valence-corrected chi connectivity index (χ4v) is 1.96. The number of phenolic OH excluding ortho intramolecular Hbond substituents is 1. The molecule has 0 radical (unpaired) electrons. The van der Waals surface area contributed by atoms with Gasteiger partial charge >= 0.3 is 0 Å². The zero-order chi connectivity index (χ0) is 11.4. The zero-order valence-electron chi connectivity index (χ0n) is 9.57. The highest BCUT2D eigenvalue weighted by atomic mass is 16.5. The summed E-state index contributed by atoms with van der Waals surface area (Å²) in [6.45, 7) is 5.10. The molecule has 0 unspecified atom stereocenters. The first-order chi connectivity index (χ1) is 7.79. The van der Waals surface area contributed by atoms with Crippen LogP contribution in [0, 0.1) is 0 Å². The summed E-state index contributed by atoms with van der Waals surface area (Å²) in [4.78, 5) is 2.37. The summed E-state index contributed by atoms with van der Waals surface area (Å²) in [5.74, 6) is 0.749. The van der Waals surface area contributed by atoms with E-state index in [2.05, 4.69) is 10.2 Å². The van der Waals surface area contributed by atoms with Crippen LogP contribution in [-0.4, -0.2) is 43.3 Å². The van der Waals surface area contributed by atoms with E-state index in [4.69, 9.17) is 4.74 Å². The van der Waals surface area contributed by atoms with Crippen molar-refractivity contribution in [2.45, 2.75) is 6.54 Å². The molecule has 1 aromatic carbocycles. The Kier molecular flexibility index (Phi) is 3.64. The van der Waals surface area contributed by atoms with Crippen molar-refractivity contribution < 1.29 is 9.84 Å². The third-order valence-electron chi connectivity index (χ3n) is 2.86. The van der Waals surface area contributed by atoms with Crippen LogP contribution in [0.4, 0.5) is 0 Å². The molecule has 1 heterocycles. The van der Waals surface area contributed by atoms with E-state index in [1.807, 2.05) is 12.1 Å². The molecule has 0 spiro atoms. The highest BCUT2D eigenvalue weighted by molar-refractivity contribution is 5.41. The summed E-state index contributed by atoms with van der Waals surface area (Å²) in [5.41, 5.74) is 1.13.